The van der Waals surface area contributed by atoms with Gasteiger partial charge in [0.15, 0.2) is 0 Å². The maximum atomic E-state index is 12.4. The minimum Gasteiger partial charge on any atom is -0.348 e. The Kier molecular flexibility index (Phi) is 3.97. The monoisotopic (exact) mass is 281 g/mol. The van der Waals surface area contributed by atoms with Gasteiger partial charge in [0.25, 0.3) is 0 Å². The SMILES string of the molecule is CC(NC(=O)C1Cc2ccccc2CN1)c1cccnc1. The predicted molar refractivity (Wildman–Crippen MR) is 81.6 cm³/mol. The Morgan fingerprint density at radius 3 is 2.86 bits per heavy atom. The molecule has 1 aromatic carbocycles. The third-order valence-electron chi connectivity index (χ3n) is 3.94. The maximum Gasteiger partial charge on any atom is 0.237 e. The molecule has 2 unspecified atom stereocenters. The van der Waals surface area contributed by atoms with Crippen molar-refractivity contribution in [3.63, 3.8) is 0 Å². The van der Waals surface area contributed by atoms with Crippen LogP contribution in [0.25, 0.3) is 0 Å². The molecule has 4 heteroatoms. The number of carbonyl (C=O) groups is 1. The van der Waals surface area contributed by atoms with Gasteiger partial charge in [0.2, 0.25) is 5.91 Å². The van der Waals surface area contributed by atoms with Crippen LogP contribution in [0.4, 0.5) is 0 Å². The number of carbonyl (C=O) groups excluding carboxylic acids is 1. The Hall–Kier alpha value is -2.20. The van der Waals surface area contributed by atoms with E-state index in [9.17, 15) is 4.79 Å². The molecular formula is C17H19N3O. The van der Waals surface area contributed by atoms with Crippen molar-refractivity contribution in [2.75, 3.05) is 0 Å². The first-order chi connectivity index (χ1) is 10.2. The van der Waals surface area contributed by atoms with Crippen LogP contribution >= 0.6 is 0 Å². The number of hydrogen-bond donors (Lipinski definition) is 2. The zero-order valence-electron chi connectivity index (χ0n) is 12.0. The molecule has 21 heavy (non-hydrogen) atoms. The summed E-state index contributed by atoms with van der Waals surface area (Å²) in [6, 6.07) is 11.9. The Labute approximate surface area is 124 Å². The highest BCUT2D eigenvalue weighted by atomic mass is 16.2. The third kappa shape index (κ3) is 3.11. The van der Waals surface area contributed by atoms with Crippen LogP contribution in [0.3, 0.4) is 0 Å². The van der Waals surface area contributed by atoms with Crippen molar-refractivity contribution in [1.82, 2.24) is 15.6 Å². The topological polar surface area (TPSA) is 54.0 Å². The molecule has 2 aromatic rings. The molecule has 2 N–H and O–H groups in total. The van der Waals surface area contributed by atoms with E-state index in [0.717, 1.165) is 18.5 Å². The average molecular weight is 281 g/mol. The lowest BCUT2D eigenvalue weighted by atomic mass is 9.95. The van der Waals surface area contributed by atoms with E-state index in [0.29, 0.717) is 0 Å². The van der Waals surface area contributed by atoms with Gasteiger partial charge in [0.05, 0.1) is 12.1 Å². The average Bonchev–Trinajstić information content (AvgIpc) is 2.55. The summed E-state index contributed by atoms with van der Waals surface area (Å²) < 4.78 is 0. The van der Waals surface area contributed by atoms with Gasteiger partial charge in [-0.2, -0.15) is 0 Å². The number of aromatic nitrogens is 1. The van der Waals surface area contributed by atoms with Crippen LogP contribution in [0.5, 0.6) is 0 Å². The molecule has 1 aromatic heterocycles. The van der Waals surface area contributed by atoms with Crippen LogP contribution in [0.1, 0.15) is 29.7 Å². The van der Waals surface area contributed by atoms with Crippen molar-refractivity contribution in [2.24, 2.45) is 0 Å². The quantitative estimate of drug-likeness (QED) is 0.904. The highest BCUT2D eigenvalue weighted by Gasteiger charge is 2.24. The lowest BCUT2D eigenvalue weighted by molar-refractivity contribution is -0.124. The van der Waals surface area contributed by atoms with Gasteiger partial charge in [-0.15, -0.1) is 0 Å². The molecule has 0 aliphatic carbocycles. The summed E-state index contributed by atoms with van der Waals surface area (Å²) in [6.07, 6.45) is 4.26. The zero-order chi connectivity index (χ0) is 14.7. The van der Waals surface area contributed by atoms with E-state index in [2.05, 4.69) is 27.8 Å². The number of rotatable bonds is 3. The molecule has 4 nitrogen and oxygen atoms in total. The Morgan fingerprint density at radius 1 is 1.29 bits per heavy atom. The fourth-order valence-electron chi connectivity index (χ4n) is 2.67. The van der Waals surface area contributed by atoms with Crippen molar-refractivity contribution in [1.29, 1.82) is 0 Å². The van der Waals surface area contributed by atoms with Crippen molar-refractivity contribution in [3.05, 3.63) is 65.5 Å². The summed E-state index contributed by atoms with van der Waals surface area (Å²) in [7, 11) is 0. The second-order valence-corrected chi connectivity index (χ2v) is 5.42. The lowest BCUT2D eigenvalue weighted by Crippen LogP contribution is -2.48. The molecule has 2 atom stereocenters. The molecule has 0 saturated carbocycles. The van der Waals surface area contributed by atoms with Crippen LogP contribution in [0.2, 0.25) is 0 Å². The van der Waals surface area contributed by atoms with Gasteiger partial charge in [-0.25, -0.2) is 0 Å². The highest BCUT2D eigenvalue weighted by Crippen LogP contribution is 2.17. The van der Waals surface area contributed by atoms with E-state index in [1.807, 2.05) is 31.2 Å². The molecule has 3 rings (SSSR count). The number of nitrogens with zero attached hydrogens (tertiary/aromatic N) is 1. The van der Waals surface area contributed by atoms with Crippen molar-refractivity contribution in [2.45, 2.75) is 32.0 Å². The van der Waals surface area contributed by atoms with Crippen molar-refractivity contribution >= 4 is 5.91 Å². The molecule has 1 aliphatic rings. The first kappa shape index (κ1) is 13.8. The molecule has 0 fully saturated rings. The second kappa shape index (κ2) is 6.06. The summed E-state index contributed by atoms with van der Waals surface area (Å²) in [5.41, 5.74) is 3.55. The van der Waals surface area contributed by atoms with Crippen LogP contribution in [0.15, 0.2) is 48.8 Å². The van der Waals surface area contributed by atoms with E-state index in [4.69, 9.17) is 0 Å². The van der Waals surface area contributed by atoms with E-state index >= 15 is 0 Å². The van der Waals surface area contributed by atoms with E-state index in [1.54, 1.807) is 12.4 Å². The van der Waals surface area contributed by atoms with Gasteiger partial charge >= 0.3 is 0 Å². The molecule has 2 heterocycles. The van der Waals surface area contributed by atoms with E-state index in [-0.39, 0.29) is 18.0 Å². The van der Waals surface area contributed by atoms with Crippen LogP contribution in [-0.2, 0) is 17.8 Å². The first-order valence-electron chi connectivity index (χ1n) is 7.24. The molecule has 0 spiro atoms. The second-order valence-electron chi connectivity index (χ2n) is 5.42. The van der Waals surface area contributed by atoms with Gasteiger partial charge in [-0.1, -0.05) is 30.3 Å². The number of benzene rings is 1. The standard InChI is InChI=1S/C17H19N3O/c1-12(14-7-4-8-18-10-14)20-17(21)16-9-13-5-2-3-6-15(13)11-19-16/h2-8,10,12,16,19H,9,11H2,1H3,(H,20,21). The minimum absolute atomic E-state index is 0.0369. The fourth-order valence-corrected chi connectivity index (χ4v) is 2.67. The number of fused-ring (bicyclic) bond motifs is 1. The van der Waals surface area contributed by atoms with Gasteiger partial charge in [0, 0.05) is 18.9 Å². The molecule has 1 amide bonds. The van der Waals surface area contributed by atoms with Gasteiger partial charge in [-0.05, 0) is 36.1 Å². The van der Waals surface area contributed by atoms with Crippen LogP contribution < -0.4 is 10.6 Å². The summed E-state index contributed by atoms with van der Waals surface area (Å²) in [4.78, 5) is 16.5. The number of amides is 1. The Bertz CT molecular complexity index is 627. The Balaban J connectivity index is 1.65. The molecule has 1 aliphatic heterocycles. The lowest BCUT2D eigenvalue weighted by Gasteiger charge is -2.26. The normalized spacial score (nSPS) is 18.6. The first-order valence-corrected chi connectivity index (χ1v) is 7.24. The summed E-state index contributed by atoms with van der Waals surface area (Å²) in [6.45, 7) is 2.72. The molecule has 108 valence electrons. The Morgan fingerprint density at radius 2 is 2.10 bits per heavy atom. The number of nitrogens with one attached hydrogen (secondary N) is 2. The van der Waals surface area contributed by atoms with Gasteiger partial charge in [0.1, 0.15) is 0 Å². The van der Waals surface area contributed by atoms with Crippen molar-refractivity contribution < 1.29 is 4.79 Å². The zero-order valence-corrected chi connectivity index (χ0v) is 12.0. The minimum atomic E-state index is -0.168. The molecule has 0 bridgehead atoms. The van der Waals surface area contributed by atoms with E-state index < -0.39 is 0 Å². The molecule has 0 saturated heterocycles. The van der Waals surface area contributed by atoms with Gasteiger partial charge < -0.3 is 10.6 Å². The number of pyridine rings is 1. The molecular weight excluding hydrogens is 262 g/mol. The third-order valence-corrected chi connectivity index (χ3v) is 3.94. The molecule has 0 radical (unpaired) electrons. The van der Waals surface area contributed by atoms with Crippen LogP contribution in [0, 0.1) is 0 Å². The van der Waals surface area contributed by atoms with E-state index in [1.165, 1.54) is 11.1 Å². The fraction of sp³-hybridized carbons (Fsp3) is 0.294. The maximum absolute atomic E-state index is 12.4. The summed E-state index contributed by atoms with van der Waals surface area (Å²) >= 11 is 0. The van der Waals surface area contributed by atoms with Crippen LogP contribution in [-0.4, -0.2) is 16.9 Å². The summed E-state index contributed by atoms with van der Waals surface area (Å²) in [5.74, 6) is 0.0425. The smallest absolute Gasteiger partial charge is 0.237 e. The largest absolute Gasteiger partial charge is 0.348 e. The van der Waals surface area contributed by atoms with Crippen molar-refractivity contribution in [3.8, 4) is 0 Å². The number of hydrogen-bond acceptors (Lipinski definition) is 3. The highest BCUT2D eigenvalue weighted by molar-refractivity contribution is 5.82. The summed E-state index contributed by atoms with van der Waals surface area (Å²) in [5, 5.41) is 6.36. The predicted octanol–water partition coefficient (Wildman–Crippen LogP) is 1.97. The van der Waals surface area contributed by atoms with Gasteiger partial charge in [-0.3, -0.25) is 9.78 Å².